The first-order valence-electron chi connectivity index (χ1n) is 10.6. The van der Waals surface area contributed by atoms with Crippen LogP contribution in [0.15, 0.2) is 77.2 Å². The number of thioether (sulfide) groups is 1. The zero-order valence-corrected chi connectivity index (χ0v) is 20.4. The van der Waals surface area contributed by atoms with Crippen molar-refractivity contribution in [3.05, 3.63) is 111 Å². The minimum absolute atomic E-state index is 0.254. The average molecular weight is 498 g/mol. The van der Waals surface area contributed by atoms with Crippen molar-refractivity contribution in [2.24, 2.45) is 5.18 Å². The Bertz CT molecular complexity index is 1350. The molecular weight excluding hydrogens is 476 g/mol. The number of nitrogens with zero attached hydrogens (tertiary/aromatic N) is 3. The summed E-state index contributed by atoms with van der Waals surface area (Å²) < 4.78 is 29.6. The largest absolute Gasteiger partial charge is 0.291 e. The number of halogens is 3. The highest BCUT2D eigenvalue weighted by Gasteiger charge is 2.30. The molecule has 0 atom stereocenters. The van der Waals surface area contributed by atoms with Crippen molar-refractivity contribution in [2.45, 2.75) is 37.1 Å². The van der Waals surface area contributed by atoms with Crippen LogP contribution >= 0.6 is 23.4 Å². The standard InChI is InChI=1S/C26H22ClF2N3OS/c1-16-12-18(5-11-23(16)29)26(2,3)24-14-30-25(32(24)21-9-6-19(28)7-10-21)34-15-17-4-8-20(31-33)13-22(17)27/h4-14H,15H2,1-3H3. The lowest BCUT2D eigenvalue weighted by atomic mass is 9.81. The third-order valence-corrected chi connectivity index (χ3v) is 7.19. The summed E-state index contributed by atoms with van der Waals surface area (Å²) in [4.78, 5) is 15.4. The van der Waals surface area contributed by atoms with Gasteiger partial charge in [0.15, 0.2) is 5.16 Å². The van der Waals surface area contributed by atoms with Gasteiger partial charge in [-0.05, 0) is 71.3 Å². The number of hydrogen-bond acceptors (Lipinski definition) is 4. The molecule has 34 heavy (non-hydrogen) atoms. The summed E-state index contributed by atoms with van der Waals surface area (Å²) in [5.41, 5.74) is 3.72. The van der Waals surface area contributed by atoms with Crippen molar-refractivity contribution in [1.29, 1.82) is 0 Å². The van der Waals surface area contributed by atoms with Crippen LogP contribution in [0.2, 0.25) is 5.02 Å². The van der Waals surface area contributed by atoms with Crippen LogP contribution in [0.3, 0.4) is 0 Å². The van der Waals surface area contributed by atoms with Crippen LogP contribution < -0.4 is 0 Å². The first-order valence-corrected chi connectivity index (χ1v) is 11.9. The highest BCUT2D eigenvalue weighted by molar-refractivity contribution is 7.98. The van der Waals surface area contributed by atoms with E-state index in [1.54, 1.807) is 43.5 Å². The Hall–Kier alpha value is -3.03. The van der Waals surface area contributed by atoms with E-state index in [1.807, 2.05) is 24.5 Å². The van der Waals surface area contributed by atoms with E-state index in [2.05, 4.69) is 10.2 Å². The monoisotopic (exact) mass is 497 g/mol. The Morgan fingerprint density at radius 2 is 1.79 bits per heavy atom. The second kappa shape index (κ2) is 9.68. The van der Waals surface area contributed by atoms with Gasteiger partial charge in [0.05, 0.1) is 11.9 Å². The fraction of sp³-hybridized carbons (Fsp3) is 0.192. The lowest BCUT2D eigenvalue weighted by molar-refractivity contribution is 0.582. The molecule has 4 rings (SSSR count). The Labute approximate surface area is 206 Å². The van der Waals surface area contributed by atoms with Crippen molar-refractivity contribution < 1.29 is 8.78 Å². The van der Waals surface area contributed by atoms with E-state index in [1.165, 1.54) is 36.0 Å². The van der Waals surface area contributed by atoms with E-state index in [9.17, 15) is 13.7 Å². The molecule has 1 heterocycles. The molecule has 0 unspecified atom stereocenters. The quantitative estimate of drug-likeness (QED) is 0.191. The van der Waals surface area contributed by atoms with Crippen molar-refractivity contribution in [3.8, 4) is 5.69 Å². The summed E-state index contributed by atoms with van der Waals surface area (Å²) in [6, 6.07) is 16.2. The molecule has 0 radical (unpaired) electrons. The van der Waals surface area contributed by atoms with E-state index >= 15 is 0 Å². The van der Waals surface area contributed by atoms with Crippen LogP contribution in [0.5, 0.6) is 0 Å². The van der Waals surface area contributed by atoms with Gasteiger partial charge < -0.3 is 0 Å². The number of imidazole rings is 1. The molecule has 0 bridgehead atoms. The third kappa shape index (κ3) is 4.76. The van der Waals surface area contributed by atoms with Gasteiger partial charge in [0.1, 0.15) is 17.3 Å². The zero-order chi connectivity index (χ0) is 24.5. The number of aromatic nitrogens is 2. The molecule has 0 fully saturated rings. The van der Waals surface area contributed by atoms with E-state index in [-0.39, 0.29) is 17.3 Å². The van der Waals surface area contributed by atoms with Gasteiger partial charge in [-0.25, -0.2) is 13.8 Å². The molecule has 0 saturated heterocycles. The lowest BCUT2D eigenvalue weighted by Gasteiger charge is -2.28. The Morgan fingerprint density at radius 3 is 2.44 bits per heavy atom. The zero-order valence-electron chi connectivity index (χ0n) is 18.8. The highest BCUT2D eigenvalue weighted by atomic mass is 35.5. The average Bonchev–Trinajstić information content (AvgIpc) is 3.25. The Kier molecular flexibility index (Phi) is 6.86. The van der Waals surface area contributed by atoms with E-state index in [0.717, 1.165) is 22.5 Å². The van der Waals surface area contributed by atoms with Crippen molar-refractivity contribution in [2.75, 3.05) is 0 Å². The number of rotatable bonds is 7. The van der Waals surface area contributed by atoms with Crippen LogP contribution in [0.4, 0.5) is 14.5 Å². The fourth-order valence-electron chi connectivity index (χ4n) is 3.75. The van der Waals surface area contributed by atoms with Crippen molar-refractivity contribution in [1.82, 2.24) is 9.55 Å². The fourth-order valence-corrected chi connectivity index (χ4v) is 5.07. The first-order chi connectivity index (χ1) is 16.2. The van der Waals surface area contributed by atoms with Gasteiger partial charge in [-0.15, -0.1) is 4.91 Å². The smallest absolute Gasteiger partial charge is 0.173 e. The summed E-state index contributed by atoms with van der Waals surface area (Å²) in [6.45, 7) is 5.84. The molecule has 3 aromatic carbocycles. The first kappa shape index (κ1) is 24.1. The predicted octanol–water partition coefficient (Wildman–Crippen LogP) is 8.13. The molecule has 0 saturated carbocycles. The van der Waals surface area contributed by atoms with E-state index < -0.39 is 5.41 Å². The highest BCUT2D eigenvalue weighted by Crippen LogP contribution is 2.38. The van der Waals surface area contributed by atoms with Gasteiger partial charge in [-0.2, -0.15) is 0 Å². The summed E-state index contributed by atoms with van der Waals surface area (Å²) in [5.74, 6) is -0.0784. The number of hydrogen-bond donors (Lipinski definition) is 0. The molecule has 1 aromatic heterocycles. The number of nitroso groups, excluding NO2 is 1. The van der Waals surface area contributed by atoms with Crippen molar-refractivity contribution in [3.63, 3.8) is 0 Å². The van der Waals surface area contributed by atoms with Crippen LogP contribution in [0.1, 0.15) is 36.2 Å². The summed E-state index contributed by atoms with van der Waals surface area (Å²) in [6.07, 6.45) is 1.80. The summed E-state index contributed by atoms with van der Waals surface area (Å²) >= 11 is 7.79. The number of benzene rings is 3. The molecule has 0 aliphatic rings. The Balaban J connectivity index is 1.76. The maximum absolute atomic E-state index is 13.9. The van der Waals surface area contributed by atoms with Crippen LogP contribution in [0, 0.1) is 23.5 Å². The van der Waals surface area contributed by atoms with E-state index in [0.29, 0.717) is 21.5 Å². The van der Waals surface area contributed by atoms with Gasteiger partial charge in [-0.1, -0.05) is 55.4 Å². The molecule has 4 aromatic rings. The van der Waals surface area contributed by atoms with Crippen LogP contribution in [0.25, 0.3) is 5.69 Å². The molecule has 0 spiro atoms. The normalized spacial score (nSPS) is 11.6. The molecule has 8 heteroatoms. The molecule has 0 amide bonds. The second-order valence-electron chi connectivity index (χ2n) is 8.48. The Morgan fingerprint density at radius 1 is 1.06 bits per heavy atom. The van der Waals surface area contributed by atoms with Crippen LogP contribution in [-0.2, 0) is 11.2 Å². The topological polar surface area (TPSA) is 47.2 Å². The van der Waals surface area contributed by atoms with Gasteiger partial charge >= 0.3 is 0 Å². The molecular formula is C26H22ClF2N3OS. The molecule has 0 aliphatic heterocycles. The molecule has 0 N–H and O–H groups in total. The van der Waals surface area contributed by atoms with Crippen LogP contribution in [-0.4, -0.2) is 9.55 Å². The van der Waals surface area contributed by atoms with Gasteiger partial charge in [0, 0.05) is 21.9 Å². The third-order valence-electron chi connectivity index (χ3n) is 5.83. The summed E-state index contributed by atoms with van der Waals surface area (Å²) in [7, 11) is 0. The molecule has 174 valence electrons. The van der Waals surface area contributed by atoms with Crippen molar-refractivity contribution >= 4 is 29.1 Å². The number of aryl methyl sites for hydroxylation is 1. The minimum atomic E-state index is -0.520. The second-order valence-corrected chi connectivity index (χ2v) is 9.83. The maximum atomic E-state index is 13.9. The predicted molar refractivity (Wildman–Crippen MR) is 133 cm³/mol. The summed E-state index contributed by atoms with van der Waals surface area (Å²) in [5, 5.41) is 4.06. The van der Waals surface area contributed by atoms with Gasteiger partial charge in [0.2, 0.25) is 0 Å². The van der Waals surface area contributed by atoms with Gasteiger partial charge in [0.25, 0.3) is 0 Å². The van der Waals surface area contributed by atoms with E-state index in [4.69, 9.17) is 11.6 Å². The molecule has 0 aliphatic carbocycles. The maximum Gasteiger partial charge on any atom is 0.173 e. The van der Waals surface area contributed by atoms with Gasteiger partial charge in [-0.3, -0.25) is 4.57 Å². The SMILES string of the molecule is Cc1cc(C(C)(C)c2cnc(SCc3ccc(N=O)cc3Cl)n2-c2ccc(F)cc2)ccc1F. The molecule has 4 nitrogen and oxygen atoms in total. The lowest BCUT2D eigenvalue weighted by Crippen LogP contribution is -2.23. The minimum Gasteiger partial charge on any atom is -0.291 e.